The summed E-state index contributed by atoms with van der Waals surface area (Å²) >= 11 is 0. The molecular formula is C38H57N5O3. The number of carbonyl (C=O) groups is 2. The Morgan fingerprint density at radius 3 is 1.93 bits per heavy atom. The molecule has 0 saturated carbocycles. The zero-order valence-corrected chi connectivity index (χ0v) is 28.0. The predicted octanol–water partition coefficient (Wildman–Crippen LogP) is 6.04. The quantitative estimate of drug-likeness (QED) is 0.135. The highest BCUT2D eigenvalue weighted by Crippen LogP contribution is 2.00. The lowest BCUT2D eigenvalue weighted by Gasteiger charge is -2.30. The Kier molecular flexibility index (Phi) is 23.2. The van der Waals surface area contributed by atoms with Crippen LogP contribution in [0.15, 0.2) is 97.4 Å². The van der Waals surface area contributed by atoms with Crippen LogP contribution in [0.3, 0.4) is 0 Å². The van der Waals surface area contributed by atoms with Crippen molar-refractivity contribution < 1.29 is 14.3 Å². The molecule has 252 valence electrons. The van der Waals surface area contributed by atoms with Crippen molar-refractivity contribution in [2.24, 2.45) is 0 Å². The minimum absolute atomic E-state index is 0.0672. The molecule has 1 aromatic rings. The van der Waals surface area contributed by atoms with Gasteiger partial charge in [-0.15, -0.1) is 0 Å². The van der Waals surface area contributed by atoms with Crippen LogP contribution in [0.2, 0.25) is 0 Å². The number of hydrogen-bond acceptors (Lipinski definition) is 6. The lowest BCUT2D eigenvalue weighted by Crippen LogP contribution is -2.45. The van der Waals surface area contributed by atoms with E-state index in [9.17, 15) is 9.59 Å². The first-order chi connectivity index (χ1) is 22.7. The van der Waals surface area contributed by atoms with Crippen molar-refractivity contribution in [3.63, 3.8) is 0 Å². The Bertz CT molecular complexity index is 1100. The predicted molar refractivity (Wildman–Crippen MR) is 191 cm³/mol. The van der Waals surface area contributed by atoms with Crippen LogP contribution >= 0.6 is 0 Å². The summed E-state index contributed by atoms with van der Waals surface area (Å²) in [4.78, 5) is 33.5. The highest BCUT2D eigenvalue weighted by atomic mass is 16.5. The average molecular weight is 632 g/mol. The third-order valence-electron chi connectivity index (χ3n) is 7.36. The van der Waals surface area contributed by atoms with E-state index >= 15 is 0 Å². The Labute approximate surface area is 278 Å². The van der Waals surface area contributed by atoms with Crippen LogP contribution in [-0.4, -0.2) is 92.2 Å². The molecule has 0 atom stereocenters. The Morgan fingerprint density at radius 1 is 0.804 bits per heavy atom. The number of morpholine rings is 1. The lowest BCUT2D eigenvalue weighted by molar-refractivity contribution is -0.121. The molecule has 2 heterocycles. The third kappa shape index (κ3) is 21.2. The number of rotatable bonds is 24. The number of nitrogens with one attached hydrogen (secondary N) is 2. The van der Waals surface area contributed by atoms with Crippen LogP contribution in [0.1, 0.15) is 68.6 Å². The van der Waals surface area contributed by atoms with E-state index in [1.165, 1.54) is 0 Å². The molecule has 0 radical (unpaired) electrons. The fourth-order valence-electron chi connectivity index (χ4n) is 4.67. The monoisotopic (exact) mass is 631 g/mol. The first-order valence-electron chi connectivity index (χ1n) is 17.1. The minimum Gasteiger partial charge on any atom is -0.379 e. The van der Waals surface area contributed by atoms with Crippen LogP contribution in [0, 0.1) is 0 Å². The van der Waals surface area contributed by atoms with E-state index < -0.39 is 0 Å². The molecule has 0 bridgehead atoms. The molecule has 2 N–H and O–H groups in total. The van der Waals surface area contributed by atoms with Crippen LogP contribution in [-0.2, 0) is 9.53 Å². The molecule has 1 aliphatic heterocycles. The topological polar surface area (TPSA) is 86.8 Å². The van der Waals surface area contributed by atoms with Gasteiger partial charge in [-0.05, 0) is 57.1 Å². The van der Waals surface area contributed by atoms with Gasteiger partial charge in [0.05, 0.1) is 18.8 Å². The van der Waals surface area contributed by atoms with Crippen molar-refractivity contribution in [3.8, 4) is 0 Å². The van der Waals surface area contributed by atoms with E-state index in [0.29, 0.717) is 31.6 Å². The van der Waals surface area contributed by atoms with Crippen molar-refractivity contribution in [2.45, 2.75) is 58.3 Å². The molecule has 8 heteroatoms. The summed E-state index contributed by atoms with van der Waals surface area (Å²) in [6.07, 6.45) is 36.5. The summed E-state index contributed by atoms with van der Waals surface area (Å²) in [6, 6.07) is 3.52. The standard InChI is InChI=1S/C38H57N5O3/c1-2-3-4-5-6-7-8-9-10-11-12-13-14-15-16-17-18-19-20-23-37(44)40-25-27-42(29-30-43-31-33-46-34-32-43)28-26-41-38(45)36-22-21-24-39-35-36/h3-4,6-7,9-10,12-13,15-16,18-19,21-22,24,35H,2,5,8,11,14,17,20,23,25-34H2,1H3,(H,40,44)(H,41,45). The zero-order valence-electron chi connectivity index (χ0n) is 28.0. The maximum absolute atomic E-state index is 12.4. The molecule has 0 aliphatic carbocycles. The fourth-order valence-corrected chi connectivity index (χ4v) is 4.67. The summed E-state index contributed by atoms with van der Waals surface area (Å²) in [7, 11) is 0. The van der Waals surface area contributed by atoms with Crippen molar-refractivity contribution in [1.82, 2.24) is 25.4 Å². The zero-order chi connectivity index (χ0) is 32.8. The second kappa shape index (κ2) is 27.7. The van der Waals surface area contributed by atoms with Crippen molar-refractivity contribution in [2.75, 3.05) is 65.6 Å². The minimum atomic E-state index is -0.121. The van der Waals surface area contributed by atoms with E-state index in [1.54, 1.807) is 24.5 Å². The van der Waals surface area contributed by atoms with Gasteiger partial charge in [-0.2, -0.15) is 0 Å². The molecule has 0 unspecified atom stereocenters. The number of aromatic nitrogens is 1. The maximum atomic E-state index is 12.4. The van der Waals surface area contributed by atoms with Crippen molar-refractivity contribution in [1.29, 1.82) is 0 Å². The van der Waals surface area contributed by atoms with Gasteiger partial charge >= 0.3 is 0 Å². The van der Waals surface area contributed by atoms with Gasteiger partial charge in [-0.1, -0.05) is 79.8 Å². The maximum Gasteiger partial charge on any atom is 0.252 e. The van der Waals surface area contributed by atoms with E-state index in [-0.39, 0.29) is 11.8 Å². The Hall–Kier alpha value is -3.59. The number of nitrogens with zero attached hydrogens (tertiary/aromatic N) is 3. The highest BCUT2D eigenvalue weighted by molar-refractivity contribution is 5.93. The van der Waals surface area contributed by atoms with E-state index in [4.69, 9.17) is 4.74 Å². The molecule has 46 heavy (non-hydrogen) atoms. The summed E-state index contributed by atoms with van der Waals surface area (Å²) in [6.45, 7) is 9.96. The average Bonchev–Trinajstić information content (AvgIpc) is 3.08. The van der Waals surface area contributed by atoms with Gasteiger partial charge in [0.1, 0.15) is 0 Å². The van der Waals surface area contributed by atoms with Gasteiger partial charge in [0.25, 0.3) is 5.91 Å². The first-order valence-corrected chi connectivity index (χ1v) is 17.1. The summed E-state index contributed by atoms with van der Waals surface area (Å²) < 4.78 is 5.46. The van der Waals surface area contributed by atoms with E-state index in [1.807, 2.05) is 0 Å². The molecule has 0 aromatic carbocycles. The van der Waals surface area contributed by atoms with Gasteiger partial charge in [-0.3, -0.25) is 24.4 Å². The van der Waals surface area contributed by atoms with E-state index in [0.717, 1.165) is 90.9 Å². The van der Waals surface area contributed by atoms with Crippen LogP contribution < -0.4 is 10.6 Å². The van der Waals surface area contributed by atoms with Gasteiger partial charge in [0, 0.05) is 71.2 Å². The van der Waals surface area contributed by atoms with Crippen LogP contribution in [0.5, 0.6) is 0 Å². The number of carbonyl (C=O) groups excluding carboxylic acids is 2. The molecule has 8 nitrogen and oxygen atoms in total. The number of ether oxygens (including phenoxy) is 1. The Morgan fingerprint density at radius 2 is 1.37 bits per heavy atom. The molecule has 2 rings (SSSR count). The SMILES string of the molecule is CCC=CCC=CCC=CCC=CCC=CCC=CCCC(=O)NCCN(CCNC(=O)c1cccnc1)CCN1CCOCC1. The molecule has 2 amide bonds. The molecule has 1 fully saturated rings. The molecule has 0 spiro atoms. The first kappa shape index (κ1) is 38.6. The normalized spacial score (nSPS) is 14.7. The largest absolute Gasteiger partial charge is 0.379 e. The van der Waals surface area contributed by atoms with Crippen molar-refractivity contribution >= 4 is 11.8 Å². The number of allylic oxidation sites excluding steroid dienone is 12. The molecule has 1 aliphatic rings. The molecule has 1 saturated heterocycles. The number of pyridine rings is 1. The van der Waals surface area contributed by atoms with Gasteiger partial charge in [0.15, 0.2) is 0 Å². The smallest absolute Gasteiger partial charge is 0.252 e. The van der Waals surface area contributed by atoms with Crippen molar-refractivity contribution in [3.05, 3.63) is 103 Å². The van der Waals surface area contributed by atoms with Crippen LogP contribution in [0.25, 0.3) is 0 Å². The number of amides is 2. The van der Waals surface area contributed by atoms with Gasteiger partial charge < -0.3 is 15.4 Å². The third-order valence-corrected chi connectivity index (χ3v) is 7.36. The van der Waals surface area contributed by atoms with Crippen LogP contribution in [0.4, 0.5) is 0 Å². The second-order valence-corrected chi connectivity index (χ2v) is 11.1. The summed E-state index contributed by atoms with van der Waals surface area (Å²) in [5.74, 6) is -0.0542. The molecular weight excluding hydrogens is 574 g/mol. The molecule has 1 aromatic heterocycles. The van der Waals surface area contributed by atoms with Gasteiger partial charge in [-0.25, -0.2) is 0 Å². The summed E-state index contributed by atoms with van der Waals surface area (Å²) in [5, 5.41) is 6.04. The second-order valence-electron chi connectivity index (χ2n) is 11.1. The fraction of sp³-hybridized carbons (Fsp3) is 0.500. The summed E-state index contributed by atoms with van der Waals surface area (Å²) in [5.41, 5.74) is 0.557. The number of hydrogen-bond donors (Lipinski definition) is 2. The highest BCUT2D eigenvalue weighted by Gasteiger charge is 2.13. The Balaban J connectivity index is 1.55. The lowest BCUT2D eigenvalue weighted by atomic mass is 10.2. The van der Waals surface area contributed by atoms with Gasteiger partial charge in [0.2, 0.25) is 5.91 Å². The van der Waals surface area contributed by atoms with E-state index in [2.05, 4.69) is 105 Å².